The molecule has 0 aliphatic heterocycles. The molecule has 210 valence electrons. The SMILES string of the molecule is COc1cccc(CCN(CCC(=O)O)C(=O)c2ccccc2-c2ccccc2C(=O)NCc2ccc(F)cc2)c1. The van der Waals surface area contributed by atoms with E-state index < -0.39 is 5.97 Å². The molecule has 0 atom stereocenters. The van der Waals surface area contributed by atoms with E-state index in [0.29, 0.717) is 41.0 Å². The van der Waals surface area contributed by atoms with Crippen molar-refractivity contribution in [2.45, 2.75) is 19.4 Å². The zero-order valence-corrected chi connectivity index (χ0v) is 22.7. The molecule has 0 aromatic heterocycles. The minimum atomic E-state index is -0.999. The second-order valence-electron chi connectivity index (χ2n) is 9.44. The number of hydrogen-bond acceptors (Lipinski definition) is 4. The maximum Gasteiger partial charge on any atom is 0.305 e. The molecule has 4 aromatic rings. The van der Waals surface area contributed by atoms with E-state index in [4.69, 9.17) is 4.74 Å². The summed E-state index contributed by atoms with van der Waals surface area (Å²) in [4.78, 5) is 40.0. The molecule has 0 saturated heterocycles. The van der Waals surface area contributed by atoms with Crippen LogP contribution >= 0.6 is 0 Å². The lowest BCUT2D eigenvalue weighted by Crippen LogP contribution is -2.35. The summed E-state index contributed by atoms with van der Waals surface area (Å²) in [7, 11) is 1.58. The number of ether oxygens (including phenoxy) is 1. The van der Waals surface area contributed by atoms with Crippen LogP contribution in [0, 0.1) is 5.82 Å². The van der Waals surface area contributed by atoms with Gasteiger partial charge >= 0.3 is 5.97 Å². The molecule has 0 fully saturated rings. The fourth-order valence-electron chi connectivity index (χ4n) is 4.51. The summed E-state index contributed by atoms with van der Waals surface area (Å²) in [6.07, 6.45) is 0.307. The summed E-state index contributed by atoms with van der Waals surface area (Å²) < 4.78 is 18.5. The molecule has 0 saturated carbocycles. The molecule has 2 amide bonds. The van der Waals surface area contributed by atoms with E-state index in [0.717, 1.165) is 11.1 Å². The highest BCUT2D eigenvalue weighted by Crippen LogP contribution is 2.28. The number of nitrogens with zero attached hydrogens (tertiary/aromatic N) is 1. The van der Waals surface area contributed by atoms with Gasteiger partial charge in [0.1, 0.15) is 11.6 Å². The van der Waals surface area contributed by atoms with Gasteiger partial charge in [-0.15, -0.1) is 0 Å². The van der Waals surface area contributed by atoms with Crippen LogP contribution in [0.2, 0.25) is 0 Å². The minimum absolute atomic E-state index is 0.0340. The van der Waals surface area contributed by atoms with Crippen LogP contribution in [-0.2, 0) is 17.8 Å². The molecule has 4 aromatic carbocycles. The highest BCUT2D eigenvalue weighted by Gasteiger charge is 2.22. The van der Waals surface area contributed by atoms with Crippen molar-refractivity contribution in [3.63, 3.8) is 0 Å². The van der Waals surface area contributed by atoms with Gasteiger partial charge in [0.25, 0.3) is 11.8 Å². The Kier molecular flexibility index (Phi) is 9.83. The van der Waals surface area contributed by atoms with Crippen LogP contribution < -0.4 is 10.1 Å². The Morgan fingerprint density at radius 3 is 2.15 bits per heavy atom. The Morgan fingerprint density at radius 1 is 0.805 bits per heavy atom. The summed E-state index contributed by atoms with van der Waals surface area (Å²) >= 11 is 0. The number of hydrogen-bond donors (Lipinski definition) is 2. The summed E-state index contributed by atoms with van der Waals surface area (Å²) in [6, 6.07) is 27.4. The first-order valence-electron chi connectivity index (χ1n) is 13.2. The second-order valence-corrected chi connectivity index (χ2v) is 9.44. The van der Waals surface area contributed by atoms with E-state index in [2.05, 4.69) is 5.32 Å². The third kappa shape index (κ3) is 7.79. The first-order chi connectivity index (χ1) is 19.9. The van der Waals surface area contributed by atoms with Crippen LogP contribution in [0.25, 0.3) is 11.1 Å². The molecule has 0 aliphatic carbocycles. The zero-order valence-electron chi connectivity index (χ0n) is 22.7. The highest BCUT2D eigenvalue weighted by molar-refractivity contribution is 6.06. The van der Waals surface area contributed by atoms with Gasteiger partial charge in [-0.05, 0) is 65.1 Å². The largest absolute Gasteiger partial charge is 0.497 e. The van der Waals surface area contributed by atoms with E-state index >= 15 is 0 Å². The van der Waals surface area contributed by atoms with Crippen molar-refractivity contribution in [3.8, 4) is 16.9 Å². The summed E-state index contributed by atoms with van der Waals surface area (Å²) in [6.45, 7) is 0.543. The fourth-order valence-corrected chi connectivity index (χ4v) is 4.51. The van der Waals surface area contributed by atoms with E-state index in [1.807, 2.05) is 24.3 Å². The van der Waals surface area contributed by atoms with Crippen molar-refractivity contribution < 1.29 is 28.6 Å². The van der Waals surface area contributed by atoms with Crippen LogP contribution in [0.5, 0.6) is 5.75 Å². The van der Waals surface area contributed by atoms with Crippen LogP contribution in [-0.4, -0.2) is 48.0 Å². The molecule has 0 heterocycles. The van der Waals surface area contributed by atoms with Crippen molar-refractivity contribution in [2.24, 2.45) is 0 Å². The molecule has 0 unspecified atom stereocenters. The van der Waals surface area contributed by atoms with Crippen molar-refractivity contribution in [3.05, 3.63) is 125 Å². The van der Waals surface area contributed by atoms with E-state index in [1.165, 1.54) is 17.0 Å². The summed E-state index contributed by atoms with van der Waals surface area (Å²) in [5.41, 5.74) is 3.57. The molecule has 8 heteroatoms. The van der Waals surface area contributed by atoms with Gasteiger partial charge < -0.3 is 20.1 Å². The lowest BCUT2D eigenvalue weighted by Gasteiger charge is -2.24. The average Bonchev–Trinajstić information content (AvgIpc) is 3.00. The average molecular weight is 555 g/mol. The van der Waals surface area contributed by atoms with Gasteiger partial charge in [-0.1, -0.05) is 60.7 Å². The van der Waals surface area contributed by atoms with E-state index in [9.17, 15) is 23.9 Å². The van der Waals surface area contributed by atoms with Crippen molar-refractivity contribution in [2.75, 3.05) is 20.2 Å². The van der Waals surface area contributed by atoms with Gasteiger partial charge in [-0.25, -0.2) is 4.39 Å². The maximum atomic E-state index is 13.9. The Hall–Kier alpha value is -4.98. The number of carbonyl (C=O) groups is 3. The number of carboxylic acid groups (broad SMARTS) is 1. The van der Waals surface area contributed by atoms with Gasteiger partial charge in [-0.2, -0.15) is 0 Å². The molecule has 0 aliphatic rings. The Balaban J connectivity index is 1.60. The number of nitrogens with one attached hydrogen (secondary N) is 1. The number of benzene rings is 4. The molecule has 7 nitrogen and oxygen atoms in total. The standard InChI is InChI=1S/C33H31FN2O5/c1-41-26-8-6-7-23(21-26)17-19-36(20-18-31(37)38)33(40)30-12-5-3-10-28(30)27-9-2-4-11-29(27)32(39)35-22-24-13-15-25(34)16-14-24/h2-16,21H,17-20,22H2,1H3,(H,35,39)(H,37,38). The molecule has 0 radical (unpaired) electrons. The van der Waals surface area contributed by atoms with Crippen LogP contribution in [0.4, 0.5) is 4.39 Å². The number of methoxy groups -OCH3 is 1. The van der Waals surface area contributed by atoms with Crippen molar-refractivity contribution in [1.29, 1.82) is 0 Å². The smallest absolute Gasteiger partial charge is 0.305 e. The number of halogens is 1. The third-order valence-corrected chi connectivity index (χ3v) is 6.67. The van der Waals surface area contributed by atoms with Crippen molar-refractivity contribution in [1.82, 2.24) is 10.2 Å². The first-order valence-corrected chi connectivity index (χ1v) is 13.2. The predicted octanol–water partition coefficient (Wildman–Crippen LogP) is 5.59. The molecule has 41 heavy (non-hydrogen) atoms. The highest BCUT2D eigenvalue weighted by atomic mass is 19.1. The number of carboxylic acids is 1. The van der Waals surface area contributed by atoms with Crippen LogP contribution in [0.1, 0.15) is 38.3 Å². The molecule has 0 spiro atoms. The number of aliphatic carboxylic acids is 1. The van der Waals surface area contributed by atoms with Crippen LogP contribution in [0.3, 0.4) is 0 Å². The van der Waals surface area contributed by atoms with Gasteiger partial charge in [0.05, 0.1) is 13.5 Å². The van der Waals surface area contributed by atoms with E-state index in [-0.39, 0.29) is 37.1 Å². The quantitative estimate of drug-likeness (QED) is 0.238. The lowest BCUT2D eigenvalue weighted by molar-refractivity contribution is -0.137. The molecular formula is C33H31FN2O5. The van der Waals surface area contributed by atoms with Crippen molar-refractivity contribution >= 4 is 17.8 Å². The Labute approximate surface area is 238 Å². The van der Waals surface area contributed by atoms with Crippen LogP contribution in [0.15, 0.2) is 97.1 Å². The third-order valence-electron chi connectivity index (χ3n) is 6.67. The summed E-state index contributed by atoms with van der Waals surface area (Å²) in [5.74, 6) is -1.32. The Bertz CT molecular complexity index is 1520. The zero-order chi connectivity index (χ0) is 29.2. The number of rotatable bonds is 12. The van der Waals surface area contributed by atoms with Gasteiger partial charge in [-0.3, -0.25) is 14.4 Å². The number of amides is 2. The number of carbonyl (C=O) groups excluding carboxylic acids is 2. The molecule has 2 N–H and O–H groups in total. The normalized spacial score (nSPS) is 10.6. The predicted molar refractivity (Wildman–Crippen MR) is 154 cm³/mol. The summed E-state index contributed by atoms with van der Waals surface area (Å²) in [5, 5.41) is 12.2. The van der Waals surface area contributed by atoms with Gasteiger partial charge in [0, 0.05) is 30.8 Å². The van der Waals surface area contributed by atoms with Gasteiger partial charge in [0.15, 0.2) is 0 Å². The Morgan fingerprint density at radius 2 is 1.46 bits per heavy atom. The molecular weight excluding hydrogens is 523 g/mol. The molecule has 4 rings (SSSR count). The topological polar surface area (TPSA) is 95.9 Å². The van der Waals surface area contributed by atoms with E-state index in [1.54, 1.807) is 67.8 Å². The molecule has 0 bridgehead atoms. The monoisotopic (exact) mass is 554 g/mol. The fraction of sp³-hybridized carbons (Fsp3) is 0.182. The minimum Gasteiger partial charge on any atom is -0.497 e. The lowest BCUT2D eigenvalue weighted by atomic mass is 9.94. The first kappa shape index (κ1) is 29.0. The second kappa shape index (κ2) is 13.9. The van der Waals surface area contributed by atoms with Gasteiger partial charge in [0.2, 0.25) is 0 Å². The maximum absolute atomic E-state index is 13.9.